The van der Waals surface area contributed by atoms with Crippen LogP contribution in [0.1, 0.15) is 11.3 Å². The molecule has 2 aromatic carbocycles. The number of rotatable bonds is 8. The zero-order chi connectivity index (χ0) is 22.7. The van der Waals surface area contributed by atoms with Crippen molar-refractivity contribution in [1.29, 1.82) is 0 Å². The van der Waals surface area contributed by atoms with E-state index in [4.69, 9.17) is 4.42 Å². The van der Waals surface area contributed by atoms with E-state index in [9.17, 15) is 12.8 Å². The van der Waals surface area contributed by atoms with E-state index >= 15 is 0 Å². The third-order valence-electron chi connectivity index (χ3n) is 4.72. The van der Waals surface area contributed by atoms with Crippen LogP contribution in [0.4, 0.5) is 4.39 Å². The van der Waals surface area contributed by atoms with Crippen LogP contribution in [0.15, 0.2) is 81.4 Å². The molecule has 10 heteroatoms. The lowest BCUT2D eigenvalue weighted by Crippen LogP contribution is -2.21. The summed E-state index contributed by atoms with van der Waals surface area (Å²) >= 11 is 1.38. The summed E-state index contributed by atoms with van der Waals surface area (Å²) in [5, 5.41) is 9.19. The SMILES string of the molecule is CN(C)S(=O)(=O)c1ccc(CSc2nnc(-c3ccc(F)cc3)n2Cc2ccccc2)o1. The van der Waals surface area contributed by atoms with Crippen LogP contribution in [-0.2, 0) is 22.3 Å². The van der Waals surface area contributed by atoms with Gasteiger partial charge in [-0.25, -0.2) is 17.1 Å². The second-order valence-corrected chi connectivity index (χ2v) is 10.2. The average molecular weight is 473 g/mol. The standard InChI is InChI=1S/C22H21FN4O3S2/c1-26(2)32(28,29)20-13-12-19(30-20)15-31-22-25-24-21(17-8-10-18(23)11-9-17)27(22)14-16-6-4-3-5-7-16/h3-13H,14-15H2,1-2H3. The van der Waals surface area contributed by atoms with Gasteiger partial charge in [-0.3, -0.25) is 4.57 Å². The first-order valence-electron chi connectivity index (χ1n) is 9.71. The molecule has 0 saturated heterocycles. The van der Waals surface area contributed by atoms with Crippen molar-refractivity contribution in [3.63, 3.8) is 0 Å². The molecule has 0 N–H and O–H groups in total. The van der Waals surface area contributed by atoms with Crippen LogP contribution < -0.4 is 0 Å². The van der Waals surface area contributed by atoms with E-state index in [2.05, 4.69) is 10.2 Å². The number of hydrogen-bond donors (Lipinski definition) is 0. The van der Waals surface area contributed by atoms with Gasteiger partial charge in [-0.2, -0.15) is 0 Å². The van der Waals surface area contributed by atoms with Gasteiger partial charge in [0.25, 0.3) is 10.0 Å². The predicted octanol–water partition coefficient (Wildman–Crippen LogP) is 4.27. The molecule has 166 valence electrons. The van der Waals surface area contributed by atoms with Gasteiger partial charge >= 0.3 is 0 Å². The van der Waals surface area contributed by atoms with Crippen molar-refractivity contribution in [2.75, 3.05) is 14.1 Å². The number of aromatic nitrogens is 3. The smallest absolute Gasteiger partial charge is 0.275 e. The number of hydrogen-bond acceptors (Lipinski definition) is 6. The van der Waals surface area contributed by atoms with Crippen molar-refractivity contribution in [3.8, 4) is 11.4 Å². The molecule has 0 aliphatic carbocycles. The largest absolute Gasteiger partial charge is 0.447 e. The number of halogens is 1. The van der Waals surface area contributed by atoms with E-state index in [1.54, 1.807) is 18.2 Å². The Bertz CT molecular complexity index is 1300. The molecule has 0 spiro atoms. The second-order valence-electron chi connectivity index (χ2n) is 7.18. The van der Waals surface area contributed by atoms with Gasteiger partial charge in [0.1, 0.15) is 11.6 Å². The van der Waals surface area contributed by atoms with E-state index < -0.39 is 10.0 Å². The Hall–Kier alpha value is -2.95. The van der Waals surface area contributed by atoms with Gasteiger partial charge in [0.05, 0.1) is 12.3 Å². The molecule has 0 atom stereocenters. The maximum absolute atomic E-state index is 13.4. The quantitative estimate of drug-likeness (QED) is 0.356. The maximum Gasteiger partial charge on any atom is 0.275 e. The fraction of sp³-hybridized carbons (Fsp3) is 0.182. The molecule has 0 unspecified atom stereocenters. The maximum atomic E-state index is 13.4. The van der Waals surface area contributed by atoms with E-state index in [0.717, 1.165) is 15.4 Å². The summed E-state index contributed by atoms with van der Waals surface area (Å²) in [5.41, 5.74) is 1.81. The highest BCUT2D eigenvalue weighted by molar-refractivity contribution is 7.98. The number of thioether (sulfide) groups is 1. The minimum Gasteiger partial charge on any atom is -0.447 e. The molecule has 4 rings (SSSR count). The minimum absolute atomic E-state index is 0.101. The lowest BCUT2D eigenvalue weighted by molar-refractivity contribution is 0.408. The van der Waals surface area contributed by atoms with Gasteiger partial charge in [0.15, 0.2) is 11.0 Å². The lowest BCUT2D eigenvalue weighted by Gasteiger charge is -2.10. The molecule has 2 aromatic heterocycles. The summed E-state index contributed by atoms with van der Waals surface area (Å²) in [7, 11) is -0.722. The van der Waals surface area contributed by atoms with Crippen LogP contribution >= 0.6 is 11.8 Å². The van der Waals surface area contributed by atoms with Crippen molar-refractivity contribution in [2.45, 2.75) is 22.5 Å². The summed E-state index contributed by atoms with van der Waals surface area (Å²) in [6.45, 7) is 0.529. The molecule has 7 nitrogen and oxygen atoms in total. The van der Waals surface area contributed by atoms with Crippen LogP contribution in [0.3, 0.4) is 0 Å². The Morgan fingerprint density at radius 2 is 1.72 bits per heavy atom. The third kappa shape index (κ3) is 4.77. The summed E-state index contributed by atoms with van der Waals surface area (Å²) in [6.07, 6.45) is 0. The zero-order valence-corrected chi connectivity index (χ0v) is 19.1. The Morgan fingerprint density at radius 3 is 2.41 bits per heavy atom. The molecule has 0 aliphatic heterocycles. The van der Waals surface area contributed by atoms with Crippen molar-refractivity contribution >= 4 is 21.8 Å². The molecule has 0 amide bonds. The van der Waals surface area contributed by atoms with Crippen molar-refractivity contribution < 1.29 is 17.2 Å². The summed E-state index contributed by atoms with van der Waals surface area (Å²) in [6, 6.07) is 19.1. The summed E-state index contributed by atoms with van der Waals surface area (Å²) in [5.74, 6) is 1.18. The average Bonchev–Trinajstić information content (AvgIpc) is 3.41. The van der Waals surface area contributed by atoms with Gasteiger partial charge in [-0.05, 0) is 42.0 Å². The van der Waals surface area contributed by atoms with E-state index in [-0.39, 0.29) is 10.9 Å². The van der Waals surface area contributed by atoms with Gasteiger partial charge in [-0.1, -0.05) is 42.1 Å². The molecule has 0 radical (unpaired) electrons. The third-order valence-corrected chi connectivity index (χ3v) is 7.40. The van der Waals surface area contributed by atoms with Crippen LogP contribution in [0.5, 0.6) is 0 Å². The van der Waals surface area contributed by atoms with Gasteiger partial charge in [0, 0.05) is 19.7 Å². The Balaban J connectivity index is 1.61. The van der Waals surface area contributed by atoms with Gasteiger partial charge in [-0.15, -0.1) is 10.2 Å². The molecular formula is C22H21FN4O3S2. The Kier molecular flexibility index (Phi) is 6.45. The van der Waals surface area contributed by atoms with Gasteiger partial charge in [0.2, 0.25) is 5.09 Å². The Labute approximate surface area is 189 Å². The van der Waals surface area contributed by atoms with E-state index in [1.165, 1.54) is 44.1 Å². The van der Waals surface area contributed by atoms with Crippen LogP contribution in [0.2, 0.25) is 0 Å². The first kappa shape index (κ1) is 22.3. The number of benzene rings is 2. The first-order chi connectivity index (χ1) is 15.3. The van der Waals surface area contributed by atoms with Crippen LogP contribution in [0.25, 0.3) is 11.4 Å². The molecule has 2 heterocycles. The van der Waals surface area contributed by atoms with Crippen LogP contribution in [0, 0.1) is 5.82 Å². The molecule has 0 fully saturated rings. The molecule has 0 aliphatic rings. The highest BCUT2D eigenvalue weighted by Gasteiger charge is 2.22. The van der Waals surface area contributed by atoms with Gasteiger partial charge < -0.3 is 4.42 Å². The van der Waals surface area contributed by atoms with Crippen molar-refractivity contribution in [1.82, 2.24) is 19.1 Å². The number of furan rings is 1. The fourth-order valence-electron chi connectivity index (χ4n) is 3.01. The summed E-state index contributed by atoms with van der Waals surface area (Å²) in [4.78, 5) is 0. The zero-order valence-electron chi connectivity index (χ0n) is 17.5. The van der Waals surface area contributed by atoms with Crippen molar-refractivity contribution in [3.05, 3.63) is 83.9 Å². The fourth-order valence-corrected chi connectivity index (χ4v) is 4.65. The number of sulfonamides is 1. The highest BCUT2D eigenvalue weighted by Crippen LogP contribution is 2.29. The number of nitrogens with zero attached hydrogens (tertiary/aromatic N) is 4. The highest BCUT2D eigenvalue weighted by atomic mass is 32.2. The topological polar surface area (TPSA) is 81.2 Å². The second kappa shape index (κ2) is 9.27. The first-order valence-corrected chi connectivity index (χ1v) is 12.1. The predicted molar refractivity (Wildman–Crippen MR) is 120 cm³/mol. The van der Waals surface area contributed by atoms with E-state index in [1.807, 2.05) is 34.9 Å². The van der Waals surface area contributed by atoms with Crippen LogP contribution in [-0.4, -0.2) is 41.6 Å². The minimum atomic E-state index is -3.63. The Morgan fingerprint density at radius 1 is 1.00 bits per heavy atom. The summed E-state index contributed by atoms with van der Waals surface area (Å²) < 4.78 is 46.5. The molecule has 0 bridgehead atoms. The molecule has 32 heavy (non-hydrogen) atoms. The monoisotopic (exact) mass is 472 g/mol. The normalized spacial score (nSPS) is 11.9. The van der Waals surface area contributed by atoms with E-state index in [0.29, 0.717) is 29.0 Å². The molecule has 0 saturated carbocycles. The molecular weight excluding hydrogens is 451 g/mol. The van der Waals surface area contributed by atoms with Crippen molar-refractivity contribution in [2.24, 2.45) is 0 Å². The molecule has 4 aromatic rings. The lowest BCUT2D eigenvalue weighted by atomic mass is 10.2.